The Morgan fingerprint density at radius 1 is 1.54 bits per heavy atom. The first-order valence-electron chi connectivity index (χ1n) is 3.08. The van der Waals surface area contributed by atoms with Crippen LogP contribution in [-0.2, 0) is 19.6 Å². The van der Waals surface area contributed by atoms with Gasteiger partial charge in [0.2, 0.25) is 5.44 Å². The average molecular weight is 234 g/mol. The molecule has 0 saturated heterocycles. The summed E-state index contributed by atoms with van der Waals surface area (Å²) in [6.45, 7) is 5.66. The molecule has 0 aliphatic rings. The summed E-state index contributed by atoms with van der Waals surface area (Å²) in [6.07, 6.45) is 0. The van der Waals surface area contributed by atoms with Gasteiger partial charge < -0.3 is 4.74 Å². The SMILES string of the molecule is C=C(C)C(=O)OC(C)S(=O)(=O)O.[Ca+2]. The number of esters is 1. The maximum Gasteiger partial charge on any atom is 2.00 e. The molecule has 0 saturated carbocycles. The molecule has 0 aromatic heterocycles. The molecule has 0 spiro atoms. The summed E-state index contributed by atoms with van der Waals surface area (Å²) in [5.41, 5.74) is -1.48. The van der Waals surface area contributed by atoms with Crippen molar-refractivity contribution in [2.45, 2.75) is 19.3 Å². The molecule has 0 fully saturated rings. The molecular weight excluding hydrogens is 224 g/mol. The number of ether oxygens (including phenoxy) is 1. The zero-order chi connectivity index (χ0) is 9.94. The van der Waals surface area contributed by atoms with Crippen molar-refractivity contribution in [2.75, 3.05) is 0 Å². The van der Waals surface area contributed by atoms with E-state index in [0.29, 0.717) is 0 Å². The summed E-state index contributed by atoms with van der Waals surface area (Å²) in [5.74, 6) is -0.847. The first-order valence-corrected chi connectivity index (χ1v) is 4.58. The van der Waals surface area contributed by atoms with Gasteiger partial charge >= 0.3 is 53.8 Å². The Labute approximate surface area is 107 Å². The first kappa shape index (κ1) is 15.8. The van der Waals surface area contributed by atoms with Gasteiger partial charge in [-0.25, -0.2) is 4.79 Å². The molecule has 0 aromatic carbocycles. The van der Waals surface area contributed by atoms with Crippen molar-refractivity contribution >= 4 is 53.8 Å². The van der Waals surface area contributed by atoms with Crippen LogP contribution in [0.15, 0.2) is 12.2 Å². The van der Waals surface area contributed by atoms with Crippen LogP contribution in [0.5, 0.6) is 0 Å². The zero-order valence-electron chi connectivity index (χ0n) is 7.48. The van der Waals surface area contributed by atoms with Crippen LogP contribution in [-0.4, -0.2) is 62.1 Å². The number of carbonyl (C=O) groups excluding carboxylic acids is 1. The molecule has 0 aliphatic carbocycles. The molecule has 1 N–H and O–H groups in total. The second-order valence-corrected chi connectivity index (χ2v) is 3.96. The fourth-order valence-corrected chi connectivity index (χ4v) is 0.521. The Balaban J connectivity index is 0. The molecule has 0 radical (unpaired) electrons. The summed E-state index contributed by atoms with van der Waals surface area (Å²) in [7, 11) is -4.32. The molecule has 1 unspecified atom stereocenters. The van der Waals surface area contributed by atoms with Gasteiger partial charge in [-0.2, -0.15) is 8.42 Å². The van der Waals surface area contributed by atoms with E-state index in [-0.39, 0.29) is 43.3 Å². The van der Waals surface area contributed by atoms with E-state index in [4.69, 9.17) is 4.55 Å². The van der Waals surface area contributed by atoms with Crippen LogP contribution < -0.4 is 0 Å². The monoisotopic (exact) mass is 234 g/mol. The maximum atomic E-state index is 10.7. The fourth-order valence-electron chi connectivity index (χ4n) is 0.312. The van der Waals surface area contributed by atoms with E-state index >= 15 is 0 Å². The van der Waals surface area contributed by atoms with Gasteiger partial charge in [0.25, 0.3) is 0 Å². The summed E-state index contributed by atoms with van der Waals surface area (Å²) < 4.78 is 33.4. The predicted molar refractivity (Wildman–Crippen MR) is 47.7 cm³/mol. The largest absolute Gasteiger partial charge is 2.00 e. The number of hydrogen-bond donors (Lipinski definition) is 1. The molecular formula is C6H10CaO5S+2. The number of carbonyl (C=O) groups is 1. The van der Waals surface area contributed by atoms with Crippen LogP contribution in [0.4, 0.5) is 0 Å². The Morgan fingerprint density at radius 3 is 2.15 bits per heavy atom. The van der Waals surface area contributed by atoms with Gasteiger partial charge in [0.1, 0.15) is 0 Å². The predicted octanol–water partition coefficient (Wildman–Crippen LogP) is -0.0413. The van der Waals surface area contributed by atoms with Crippen molar-refractivity contribution in [2.24, 2.45) is 0 Å². The van der Waals surface area contributed by atoms with Crippen LogP contribution >= 0.6 is 0 Å². The van der Waals surface area contributed by atoms with Crippen molar-refractivity contribution in [3.05, 3.63) is 12.2 Å². The van der Waals surface area contributed by atoms with E-state index in [1.54, 1.807) is 0 Å². The second kappa shape index (κ2) is 5.98. The summed E-state index contributed by atoms with van der Waals surface area (Å²) in [5, 5.41) is 0. The van der Waals surface area contributed by atoms with E-state index < -0.39 is 21.5 Å². The number of rotatable bonds is 3. The van der Waals surface area contributed by atoms with E-state index in [9.17, 15) is 13.2 Å². The van der Waals surface area contributed by atoms with E-state index in [0.717, 1.165) is 6.92 Å². The molecule has 0 amide bonds. The van der Waals surface area contributed by atoms with Crippen molar-refractivity contribution in [3.8, 4) is 0 Å². The topological polar surface area (TPSA) is 80.7 Å². The van der Waals surface area contributed by atoms with Crippen LogP contribution in [0.3, 0.4) is 0 Å². The summed E-state index contributed by atoms with van der Waals surface area (Å²) in [6, 6.07) is 0. The van der Waals surface area contributed by atoms with Crippen molar-refractivity contribution in [1.29, 1.82) is 0 Å². The molecule has 1 atom stereocenters. The van der Waals surface area contributed by atoms with Crippen LogP contribution in [0, 0.1) is 0 Å². The molecule has 0 rings (SSSR count). The molecule has 0 aliphatic heterocycles. The quantitative estimate of drug-likeness (QED) is 0.321. The molecule has 70 valence electrons. The third kappa shape index (κ3) is 6.45. The standard InChI is InChI=1S/C6H10O5S.Ca/c1-4(2)6(7)11-5(3)12(8,9)10;/h5H,1H2,2-3H3,(H,8,9,10);/q;+2. The van der Waals surface area contributed by atoms with E-state index in [1.807, 2.05) is 0 Å². The van der Waals surface area contributed by atoms with E-state index in [1.165, 1.54) is 6.92 Å². The molecule has 5 nitrogen and oxygen atoms in total. The Bertz CT molecular complexity index is 294. The van der Waals surface area contributed by atoms with Crippen molar-refractivity contribution in [1.82, 2.24) is 0 Å². The summed E-state index contributed by atoms with van der Waals surface area (Å²) in [4.78, 5) is 10.7. The van der Waals surface area contributed by atoms with Gasteiger partial charge in [0.05, 0.1) is 0 Å². The Hall–Kier alpha value is 0.380. The third-order valence-corrected chi connectivity index (χ3v) is 1.98. The molecule has 0 aromatic rings. The average Bonchev–Trinajstić information content (AvgIpc) is 1.85. The van der Waals surface area contributed by atoms with Crippen molar-refractivity contribution in [3.63, 3.8) is 0 Å². The van der Waals surface area contributed by atoms with Crippen molar-refractivity contribution < 1.29 is 22.5 Å². The molecule has 7 heteroatoms. The van der Waals surface area contributed by atoms with Crippen LogP contribution in [0.2, 0.25) is 0 Å². The zero-order valence-corrected chi connectivity index (χ0v) is 10.5. The minimum absolute atomic E-state index is 0. The Morgan fingerprint density at radius 2 is 1.92 bits per heavy atom. The van der Waals surface area contributed by atoms with Gasteiger partial charge in [-0.05, 0) is 13.8 Å². The van der Waals surface area contributed by atoms with Gasteiger partial charge in [-0.1, -0.05) is 6.58 Å². The normalized spacial score (nSPS) is 12.5. The minimum Gasteiger partial charge on any atom is -0.440 e. The molecule has 0 bridgehead atoms. The van der Waals surface area contributed by atoms with Gasteiger partial charge in [0.15, 0.2) is 0 Å². The minimum atomic E-state index is -4.32. The van der Waals surface area contributed by atoms with Gasteiger partial charge in [-0.15, -0.1) is 0 Å². The van der Waals surface area contributed by atoms with Gasteiger partial charge in [0, 0.05) is 5.57 Å². The maximum absolute atomic E-state index is 10.7. The molecule has 0 heterocycles. The third-order valence-electron chi connectivity index (χ3n) is 1.04. The molecule has 13 heavy (non-hydrogen) atoms. The van der Waals surface area contributed by atoms with E-state index in [2.05, 4.69) is 11.3 Å². The van der Waals surface area contributed by atoms with Crippen LogP contribution in [0.1, 0.15) is 13.8 Å². The van der Waals surface area contributed by atoms with Gasteiger partial charge in [-0.3, -0.25) is 4.55 Å². The van der Waals surface area contributed by atoms with Crippen LogP contribution in [0.25, 0.3) is 0 Å². The number of hydrogen-bond acceptors (Lipinski definition) is 4. The first-order chi connectivity index (χ1) is 5.25. The smallest absolute Gasteiger partial charge is 0.440 e. The Kier molecular flexibility index (Phi) is 7.28. The second-order valence-electron chi connectivity index (χ2n) is 2.27. The fraction of sp³-hybridized carbons (Fsp3) is 0.500. The summed E-state index contributed by atoms with van der Waals surface area (Å²) >= 11 is 0.